The molecule has 0 saturated heterocycles. The van der Waals surface area contributed by atoms with E-state index in [9.17, 15) is 4.79 Å². The van der Waals surface area contributed by atoms with Crippen molar-refractivity contribution in [3.8, 4) is 0 Å². The lowest BCUT2D eigenvalue weighted by molar-refractivity contribution is 0.102. The van der Waals surface area contributed by atoms with Gasteiger partial charge in [0.2, 0.25) is 0 Å². The Bertz CT molecular complexity index is 428. The average Bonchev–Trinajstić information content (AvgIpc) is 2.80. The molecule has 0 spiro atoms. The van der Waals surface area contributed by atoms with E-state index in [1.54, 1.807) is 5.51 Å². The van der Waals surface area contributed by atoms with Crippen molar-refractivity contribution < 1.29 is 4.79 Å². The molecule has 5 heteroatoms. The Hall–Kier alpha value is -1.20. The number of ketones is 1. The maximum atomic E-state index is 11.7. The maximum absolute atomic E-state index is 11.7. The fourth-order valence-corrected chi connectivity index (χ4v) is 2.44. The first kappa shape index (κ1) is 10.3. The van der Waals surface area contributed by atoms with Gasteiger partial charge in [-0.1, -0.05) is 53.4 Å². The molecule has 0 radical (unpaired) electrons. The molecule has 0 aliphatic heterocycles. The third kappa shape index (κ3) is 2.87. The molecule has 0 atom stereocenters. The summed E-state index contributed by atoms with van der Waals surface area (Å²) in [6.07, 6.45) is 0. The van der Waals surface area contributed by atoms with Crippen molar-refractivity contribution >= 4 is 28.9 Å². The zero-order valence-corrected chi connectivity index (χ0v) is 9.42. The smallest absolute Gasteiger partial charge is 0.174 e. The third-order valence-corrected chi connectivity index (χ3v) is 3.62. The lowest BCUT2D eigenvalue weighted by Crippen LogP contribution is -2.01. The minimum Gasteiger partial charge on any atom is -0.293 e. The van der Waals surface area contributed by atoms with Gasteiger partial charge in [0.1, 0.15) is 5.51 Å². The van der Waals surface area contributed by atoms with Gasteiger partial charge in [0, 0.05) is 5.56 Å². The van der Waals surface area contributed by atoms with E-state index in [0.29, 0.717) is 5.75 Å². The monoisotopic (exact) mass is 236 g/mol. The fourth-order valence-electron chi connectivity index (χ4n) is 1.06. The Kier molecular flexibility index (Phi) is 3.47. The topological polar surface area (TPSA) is 42.9 Å². The van der Waals surface area contributed by atoms with Crippen LogP contribution in [-0.2, 0) is 0 Å². The summed E-state index contributed by atoms with van der Waals surface area (Å²) in [5.74, 6) is 0.537. The highest BCUT2D eigenvalue weighted by atomic mass is 32.2. The van der Waals surface area contributed by atoms with E-state index in [1.807, 2.05) is 30.3 Å². The Morgan fingerprint density at radius 2 is 2.13 bits per heavy atom. The summed E-state index contributed by atoms with van der Waals surface area (Å²) in [6.45, 7) is 0. The predicted octanol–water partition coefficient (Wildman–Crippen LogP) is 2.51. The van der Waals surface area contributed by atoms with Gasteiger partial charge in [-0.15, -0.1) is 10.2 Å². The average molecular weight is 236 g/mol. The summed E-state index contributed by atoms with van der Waals surface area (Å²) in [5.41, 5.74) is 2.41. The Morgan fingerprint density at radius 3 is 2.80 bits per heavy atom. The second-order valence-electron chi connectivity index (χ2n) is 2.78. The van der Waals surface area contributed by atoms with E-state index in [0.717, 1.165) is 9.90 Å². The van der Waals surface area contributed by atoms with Crippen molar-refractivity contribution in [3.63, 3.8) is 0 Å². The molecule has 0 amide bonds. The van der Waals surface area contributed by atoms with Gasteiger partial charge in [0.15, 0.2) is 10.1 Å². The first-order chi connectivity index (χ1) is 7.36. The van der Waals surface area contributed by atoms with Crippen LogP contribution < -0.4 is 0 Å². The summed E-state index contributed by atoms with van der Waals surface area (Å²) in [7, 11) is 0. The van der Waals surface area contributed by atoms with Crippen LogP contribution in [0.4, 0.5) is 0 Å². The summed E-state index contributed by atoms with van der Waals surface area (Å²) >= 11 is 2.87. The maximum Gasteiger partial charge on any atom is 0.174 e. The van der Waals surface area contributed by atoms with E-state index in [-0.39, 0.29) is 5.78 Å². The summed E-state index contributed by atoms with van der Waals surface area (Å²) in [6, 6.07) is 9.27. The molecular formula is C10H8N2OS2. The van der Waals surface area contributed by atoms with Crippen LogP contribution >= 0.6 is 23.1 Å². The lowest BCUT2D eigenvalue weighted by atomic mass is 10.2. The van der Waals surface area contributed by atoms with Crippen molar-refractivity contribution in [1.29, 1.82) is 0 Å². The minimum absolute atomic E-state index is 0.121. The molecular weight excluding hydrogens is 228 g/mol. The van der Waals surface area contributed by atoms with Crippen molar-refractivity contribution in [2.45, 2.75) is 4.34 Å². The van der Waals surface area contributed by atoms with E-state index in [4.69, 9.17) is 0 Å². The van der Waals surface area contributed by atoms with E-state index >= 15 is 0 Å². The van der Waals surface area contributed by atoms with Gasteiger partial charge in [0.25, 0.3) is 0 Å². The van der Waals surface area contributed by atoms with Gasteiger partial charge >= 0.3 is 0 Å². The van der Waals surface area contributed by atoms with Crippen LogP contribution in [0.25, 0.3) is 0 Å². The molecule has 0 saturated carbocycles. The van der Waals surface area contributed by atoms with Gasteiger partial charge < -0.3 is 0 Å². The van der Waals surface area contributed by atoms with Crippen molar-refractivity contribution in [2.24, 2.45) is 0 Å². The second-order valence-corrected chi connectivity index (χ2v) is 4.84. The molecule has 15 heavy (non-hydrogen) atoms. The lowest BCUT2D eigenvalue weighted by Gasteiger charge is -1.97. The zero-order valence-electron chi connectivity index (χ0n) is 7.79. The van der Waals surface area contributed by atoms with Gasteiger partial charge in [-0.05, 0) is 0 Å². The summed E-state index contributed by atoms with van der Waals surface area (Å²) < 4.78 is 0.833. The Balaban J connectivity index is 1.94. The van der Waals surface area contributed by atoms with Gasteiger partial charge in [0.05, 0.1) is 5.75 Å². The van der Waals surface area contributed by atoms with Crippen LogP contribution in [0.15, 0.2) is 40.2 Å². The molecule has 0 aliphatic rings. The molecule has 0 aliphatic carbocycles. The van der Waals surface area contributed by atoms with E-state index in [1.165, 1.54) is 23.1 Å². The first-order valence-corrected chi connectivity index (χ1v) is 6.20. The van der Waals surface area contributed by atoms with Crippen LogP contribution in [0.5, 0.6) is 0 Å². The van der Waals surface area contributed by atoms with Crippen LogP contribution in [-0.4, -0.2) is 21.7 Å². The number of hydrogen-bond acceptors (Lipinski definition) is 5. The zero-order chi connectivity index (χ0) is 10.5. The van der Waals surface area contributed by atoms with E-state index in [2.05, 4.69) is 10.2 Å². The van der Waals surface area contributed by atoms with Crippen molar-refractivity contribution in [3.05, 3.63) is 41.4 Å². The summed E-state index contributed by atoms with van der Waals surface area (Å²) in [5, 5.41) is 7.57. The van der Waals surface area contributed by atoms with Crippen molar-refractivity contribution in [2.75, 3.05) is 5.75 Å². The number of rotatable bonds is 4. The Morgan fingerprint density at radius 1 is 1.33 bits per heavy atom. The molecule has 76 valence electrons. The fraction of sp³-hybridized carbons (Fsp3) is 0.100. The van der Waals surface area contributed by atoms with Crippen molar-refractivity contribution in [1.82, 2.24) is 10.2 Å². The Labute approximate surface area is 95.6 Å². The van der Waals surface area contributed by atoms with Crippen LogP contribution in [0.3, 0.4) is 0 Å². The number of Topliss-reactive ketones (excluding diaryl/α,β-unsaturated/α-hetero) is 1. The number of carbonyl (C=O) groups excluding carboxylic acids is 1. The first-order valence-electron chi connectivity index (χ1n) is 4.33. The highest BCUT2D eigenvalue weighted by molar-refractivity contribution is 8.01. The molecule has 1 aromatic carbocycles. The molecule has 1 heterocycles. The van der Waals surface area contributed by atoms with Crippen LogP contribution in [0.1, 0.15) is 10.4 Å². The number of aromatic nitrogens is 2. The summed E-state index contributed by atoms with van der Waals surface area (Å²) in [4.78, 5) is 11.7. The number of nitrogens with zero attached hydrogens (tertiary/aromatic N) is 2. The second kappa shape index (κ2) is 5.04. The van der Waals surface area contributed by atoms with Gasteiger partial charge in [-0.25, -0.2) is 0 Å². The molecule has 3 nitrogen and oxygen atoms in total. The van der Waals surface area contributed by atoms with Gasteiger partial charge in [-0.2, -0.15) is 0 Å². The standard InChI is InChI=1S/C10H8N2OS2/c13-9(8-4-2-1-3-5-8)6-14-10-12-11-7-15-10/h1-5,7H,6H2. The predicted molar refractivity (Wildman–Crippen MR) is 61.4 cm³/mol. The molecule has 1 aromatic heterocycles. The SMILES string of the molecule is O=C(CSc1nncs1)c1ccccc1. The normalized spacial score (nSPS) is 10.1. The van der Waals surface area contributed by atoms with Gasteiger partial charge in [-0.3, -0.25) is 4.79 Å². The molecule has 0 fully saturated rings. The third-order valence-electron chi connectivity index (χ3n) is 1.76. The highest BCUT2D eigenvalue weighted by Gasteiger charge is 2.06. The number of carbonyl (C=O) groups is 1. The molecule has 0 N–H and O–H groups in total. The van der Waals surface area contributed by atoms with Crippen LogP contribution in [0, 0.1) is 0 Å². The number of benzene rings is 1. The number of thioether (sulfide) groups is 1. The highest BCUT2D eigenvalue weighted by Crippen LogP contribution is 2.19. The number of hydrogen-bond donors (Lipinski definition) is 0. The quantitative estimate of drug-likeness (QED) is 0.604. The molecule has 2 aromatic rings. The molecule has 2 rings (SSSR count). The molecule has 0 bridgehead atoms. The minimum atomic E-state index is 0.121. The largest absolute Gasteiger partial charge is 0.293 e. The van der Waals surface area contributed by atoms with Crippen LogP contribution in [0.2, 0.25) is 0 Å². The molecule has 0 unspecified atom stereocenters. The van der Waals surface area contributed by atoms with E-state index < -0.39 is 0 Å².